The molecule has 0 radical (unpaired) electrons. The van der Waals surface area contributed by atoms with Crippen LogP contribution in [0.15, 0.2) is 24.3 Å². The van der Waals surface area contributed by atoms with Crippen molar-refractivity contribution in [3.63, 3.8) is 0 Å². The van der Waals surface area contributed by atoms with Crippen LogP contribution in [-0.4, -0.2) is 47.1 Å². The molecule has 0 spiro atoms. The number of hydrogen-bond acceptors (Lipinski definition) is 4. The van der Waals surface area contributed by atoms with Gasteiger partial charge in [-0.05, 0) is 38.0 Å². The molecule has 1 aromatic heterocycles. The number of rotatable bonds is 3. The number of fused-ring (bicyclic) bond motifs is 1. The Labute approximate surface area is 140 Å². The van der Waals surface area contributed by atoms with Gasteiger partial charge in [-0.2, -0.15) is 0 Å². The quantitative estimate of drug-likeness (QED) is 0.936. The van der Waals surface area contributed by atoms with E-state index < -0.39 is 11.9 Å². The topological polar surface area (TPSA) is 79.7 Å². The first-order valence-corrected chi connectivity index (χ1v) is 7.97. The predicted molar refractivity (Wildman–Crippen MR) is 89.3 cm³/mol. The van der Waals surface area contributed by atoms with E-state index in [4.69, 9.17) is 4.74 Å². The lowest BCUT2D eigenvalue weighted by Crippen LogP contribution is -2.42. The zero-order chi connectivity index (χ0) is 17.3. The monoisotopic (exact) mass is 328 g/mol. The van der Waals surface area contributed by atoms with Gasteiger partial charge in [0, 0.05) is 24.5 Å². The third kappa shape index (κ3) is 3.04. The van der Waals surface area contributed by atoms with E-state index in [2.05, 4.69) is 4.98 Å². The van der Waals surface area contributed by atoms with Gasteiger partial charge in [0.1, 0.15) is 5.75 Å². The van der Waals surface area contributed by atoms with Crippen molar-refractivity contribution in [2.75, 3.05) is 20.2 Å². The minimum Gasteiger partial charge on any atom is -0.497 e. The molecular weight excluding hydrogens is 308 g/mol. The number of nitrogens with zero attached hydrogens (tertiary/aromatic N) is 2. The summed E-state index contributed by atoms with van der Waals surface area (Å²) in [4.78, 5) is 30.2. The van der Waals surface area contributed by atoms with Crippen LogP contribution in [0.25, 0.3) is 10.9 Å². The van der Waals surface area contributed by atoms with Crippen molar-refractivity contribution in [3.8, 4) is 5.75 Å². The molecule has 1 fully saturated rings. The number of carbonyl (C=O) groups is 2. The smallest absolute Gasteiger partial charge is 0.308 e. The highest BCUT2D eigenvalue weighted by atomic mass is 16.5. The summed E-state index contributed by atoms with van der Waals surface area (Å²) in [6.07, 6.45) is 1.33. The van der Waals surface area contributed by atoms with Crippen LogP contribution in [0.2, 0.25) is 0 Å². The van der Waals surface area contributed by atoms with Gasteiger partial charge in [-0.25, -0.2) is 0 Å². The number of carboxylic acids is 1. The van der Waals surface area contributed by atoms with Crippen LogP contribution >= 0.6 is 0 Å². The van der Waals surface area contributed by atoms with Gasteiger partial charge in [-0.3, -0.25) is 14.6 Å². The van der Waals surface area contributed by atoms with Crippen LogP contribution in [-0.2, 0) is 4.79 Å². The summed E-state index contributed by atoms with van der Waals surface area (Å²) in [5, 5.41) is 10.0. The van der Waals surface area contributed by atoms with Crippen molar-refractivity contribution >= 4 is 22.8 Å². The Morgan fingerprint density at radius 1 is 1.33 bits per heavy atom. The highest BCUT2D eigenvalue weighted by Crippen LogP contribution is 2.24. The SMILES string of the molecule is COc1ccc2cc(C(=O)N3CCC[C@H](C(=O)O)C3)c(C)nc2c1. The summed E-state index contributed by atoms with van der Waals surface area (Å²) in [5.41, 5.74) is 1.93. The van der Waals surface area contributed by atoms with Gasteiger partial charge in [0.25, 0.3) is 5.91 Å². The molecule has 1 saturated heterocycles. The maximum absolute atomic E-state index is 12.8. The number of carboxylic acid groups (broad SMARTS) is 1. The normalized spacial score (nSPS) is 17.8. The number of benzene rings is 1. The molecule has 24 heavy (non-hydrogen) atoms. The lowest BCUT2D eigenvalue weighted by Gasteiger charge is -2.31. The van der Waals surface area contributed by atoms with E-state index >= 15 is 0 Å². The highest BCUT2D eigenvalue weighted by Gasteiger charge is 2.29. The second kappa shape index (κ2) is 6.47. The van der Waals surface area contributed by atoms with Gasteiger partial charge in [0.05, 0.1) is 29.8 Å². The summed E-state index contributed by atoms with van der Waals surface area (Å²) >= 11 is 0. The summed E-state index contributed by atoms with van der Waals surface area (Å²) in [6, 6.07) is 7.35. The van der Waals surface area contributed by atoms with E-state index in [0.717, 1.165) is 10.9 Å². The van der Waals surface area contributed by atoms with E-state index in [1.54, 1.807) is 18.9 Å². The van der Waals surface area contributed by atoms with Crippen molar-refractivity contribution < 1.29 is 19.4 Å². The molecule has 1 aromatic carbocycles. The number of aromatic nitrogens is 1. The molecule has 0 aliphatic carbocycles. The molecule has 126 valence electrons. The van der Waals surface area contributed by atoms with E-state index in [0.29, 0.717) is 36.4 Å². The molecule has 6 heteroatoms. The molecule has 0 bridgehead atoms. The van der Waals surface area contributed by atoms with Gasteiger partial charge in [0.2, 0.25) is 0 Å². The van der Waals surface area contributed by atoms with E-state index in [1.807, 2.05) is 24.3 Å². The van der Waals surface area contributed by atoms with Gasteiger partial charge >= 0.3 is 5.97 Å². The minimum atomic E-state index is -0.840. The largest absolute Gasteiger partial charge is 0.497 e. The van der Waals surface area contributed by atoms with Crippen molar-refractivity contribution in [2.24, 2.45) is 5.92 Å². The standard InChI is InChI=1S/C18H20N2O4/c1-11-15(8-12-5-6-14(24-2)9-16(12)19-11)17(21)20-7-3-4-13(10-20)18(22)23/h5-6,8-9,13H,3-4,7,10H2,1-2H3,(H,22,23)/t13-/m0/s1. The fraction of sp³-hybridized carbons (Fsp3) is 0.389. The number of ether oxygens (including phenoxy) is 1. The lowest BCUT2D eigenvalue weighted by molar-refractivity contribution is -0.143. The van der Waals surface area contributed by atoms with Gasteiger partial charge in [-0.15, -0.1) is 0 Å². The molecule has 3 rings (SSSR count). The number of piperidine rings is 1. The molecule has 1 N–H and O–H groups in total. The second-order valence-electron chi connectivity index (χ2n) is 6.11. The summed E-state index contributed by atoms with van der Waals surface area (Å²) in [6.45, 7) is 2.64. The molecule has 2 heterocycles. The summed E-state index contributed by atoms with van der Waals surface area (Å²) in [5.74, 6) is -0.758. The van der Waals surface area contributed by atoms with Crippen LogP contribution in [0.4, 0.5) is 0 Å². The van der Waals surface area contributed by atoms with Crippen LogP contribution in [0, 0.1) is 12.8 Å². The van der Waals surface area contributed by atoms with Crippen molar-refractivity contribution in [2.45, 2.75) is 19.8 Å². The number of likely N-dealkylation sites (tertiary alicyclic amines) is 1. The molecule has 6 nitrogen and oxygen atoms in total. The van der Waals surface area contributed by atoms with Gasteiger partial charge < -0.3 is 14.7 Å². The molecular formula is C18H20N2O4. The summed E-state index contributed by atoms with van der Waals surface area (Å²) < 4.78 is 5.20. The van der Waals surface area contributed by atoms with Crippen molar-refractivity contribution in [3.05, 3.63) is 35.5 Å². The fourth-order valence-corrected chi connectivity index (χ4v) is 3.12. The van der Waals surface area contributed by atoms with E-state index in [-0.39, 0.29) is 12.5 Å². The maximum atomic E-state index is 12.8. The van der Waals surface area contributed by atoms with Crippen LogP contribution < -0.4 is 4.74 Å². The van der Waals surface area contributed by atoms with E-state index in [9.17, 15) is 14.7 Å². The summed E-state index contributed by atoms with van der Waals surface area (Å²) in [7, 11) is 1.60. The Morgan fingerprint density at radius 3 is 2.83 bits per heavy atom. The second-order valence-corrected chi connectivity index (χ2v) is 6.11. The Morgan fingerprint density at radius 2 is 2.12 bits per heavy atom. The van der Waals surface area contributed by atoms with Crippen molar-refractivity contribution in [1.29, 1.82) is 0 Å². The zero-order valence-corrected chi connectivity index (χ0v) is 13.8. The molecule has 1 aliphatic heterocycles. The fourth-order valence-electron chi connectivity index (χ4n) is 3.12. The third-order valence-corrected chi connectivity index (χ3v) is 4.50. The number of methoxy groups -OCH3 is 1. The number of aliphatic carboxylic acids is 1. The van der Waals surface area contributed by atoms with Crippen LogP contribution in [0.3, 0.4) is 0 Å². The number of pyridine rings is 1. The maximum Gasteiger partial charge on any atom is 0.308 e. The Kier molecular flexibility index (Phi) is 4.38. The van der Waals surface area contributed by atoms with Gasteiger partial charge in [-0.1, -0.05) is 0 Å². The number of hydrogen-bond donors (Lipinski definition) is 1. The van der Waals surface area contributed by atoms with Crippen LogP contribution in [0.5, 0.6) is 5.75 Å². The van der Waals surface area contributed by atoms with Gasteiger partial charge in [0.15, 0.2) is 0 Å². The van der Waals surface area contributed by atoms with Crippen molar-refractivity contribution in [1.82, 2.24) is 9.88 Å². The van der Waals surface area contributed by atoms with Crippen LogP contribution in [0.1, 0.15) is 28.9 Å². The lowest BCUT2D eigenvalue weighted by atomic mass is 9.97. The molecule has 1 amide bonds. The Bertz CT molecular complexity index is 803. The number of amides is 1. The first-order chi connectivity index (χ1) is 11.5. The first-order valence-electron chi connectivity index (χ1n) is 7.97. The average Bonchev–Trinajstić information content (AvgIpc) is 2.60. The minimum absolute atomic E-state index is 0.149. The zero-order valence-electron chi connectivity index (χ0n) is 13.8. The predicted octanol–water partition coefficient (Wildman–Crippen LogP) is 2.49. The first kappa shape index (κ1) is 16.2. The third-order valence-electron chi connectivity index (χ3n) is 4.50. The molecule has 1 aliphatic rings. The molecule has 0 unspecified atom stereocenters. The Hall–Kier alpha value is -2.63. The van der Waals surface area contributed by atoms with E-state index in [1.165, 1.54) is 0 Å². The average molecular weight is 328 g/mol. The molecule has 1 atom stereocenters. The number of carbonyl (C=O) groups excluding carboxylic acids is 1. The number of aryl methyl sites for hydroxylation is 1. The Balaban J connectivity index is 1.92. The molecule has 0 saturated carbocycles. The molecule has 2 aromatic rings. The highest BCUT2D eigenvalue weighted by molar-refractivity contribution is 5.99.